The van der Waals surface area contributed by atoms with Crippen LogP contribution in [0.4, 0.5) is 5.82 Å². The van der Waals surface area contributed by atoms with Gasteiger partial charge in [-0.3, -0.25) is 4.79 Å². The van der Waals surface area contributed by atoms with Gasteiger partial charge in [0.15, 0.2) is 11.6 Å². The highest BCUT2D eigenvalue weighted by molar-refractivity contribution is 5.91. The van der Waals surface area contributed by atoms with Gasteiger partial charge < -0.3 is 10.4 Å². The Bertz CT molecular complexity index is 768. The number of pyridine rings is 1. The predicted molar refractivity (Wildman–Crippen MR) is 72.1 cm³/mol. The fourth-order valence-electron chi connectivity index (χ4n) is 1.83. The van der Waals surface area contributed by atoms with E-state index in [0.29, 0.717) is 0 Å². The summed E-state index contributed by atoms with van der Waals surface area (Å²) in [6.07, 6.45) is 1.49. The zero-order valence-corrected chi connectivity index (χ0v) is 10.4. The summed E-state index contributed by atoms with van der Waals surface area (Å²) in [6.45, 7) is -0.00344. The molecule has 7 nitrogen and oxygen atoms in total. The standard InChI is InChI=1S/C13H11N5O2/c19-11-6-3-7-14-13(11)15-12(20)8-18-10-5-2-1-4-9(10)16-17-18/h1-7,19H,8H2,(H,14,15,20). The quantitative estimate of drug-likeness (QED) is 0.744. The van der Waals surface area contributed by atoms with E-state index in [1.165, 1.54) is 16.9 Å². The highest BCUT2D eigenvalue weighted by Gasteiger charge is 2.10. The second-order valence-electron chi connectivity index (χ2n) is 4.16. The van der Waals surface area contributed by atoms with E-state index in [4.69, 9.17) is 0 Å². The summed E-state index contributed by atoms with van der Waals surface area (Å²) < 4.78 is 1.49. The normalized spacial score (nSPS) is 10.6. The summed E-state index contributed by atoms with van der Waals surface area (Å²) >= 11 is 0. The zero-order chi connectivity index (χ0) is 13.9. The van der Waals surface area contributed by atoms with Crippen LogP contribution in [0.15, 0.2) is 42.6 Å². The summed E-state index contributed by atoms with van der Waals surface area (Å²) in [5, 5.41) is 20.0. The second kappa shape index (κ2) is 4.96. The molecule has 1 amide bonds. The molecule has 0 spiro atoms. The van der Waals surface area contributed by atoms with E-state index in [9.17, 15) is 9.90 Å². The Morgan fingerprint density at radius 1 is 1.25 bits per heavy atom. The van der Waals surface area contributed by atoms with Crippen molar-refractivity contribution in [2.45, 2.75) is 6.54 Å². The van der Waals surface area contributed by atoms with Crippen molar-refractivity contribution in [1.82, 2.24) is 20.0 Å². The number of aromatic hydroxyl groups is 1. The van der Waals surface area contributed by atoms with E-state index in [-0.39, 0.29) is 24.0 Å². The summed E-state index contributed by atoms with van der Waals surface area (Å²) in [6, 6.07) is 10.4. The minimum atomic E-state index is -0.338. The van der Waals surface area contributed by atoms with Crippen LogP contribution in [0.5, 0.6) is 5.75 Å². The Morgan fingerprint density at radius 3 is 2.95 bits per heavy atom. The molecule has 2 aromatic heterocycles. The number of nitrogens with zero attached hydrogens (tertiary/aromatic N) is 4. The fourth-order valence-corrected chi connectivity index (χ4v) is 1.83. The molecule has 2 N–H and O–H groups in total. The summed E-state index contributed by atoms with van der Waals surface area (Å²) in [4.78, 5) is 15.8. The third-order valence-corrected chi connectivity index (χ3v) is 2.76. The van der Waals surface area contributed by atoms with Gasteiger partial charge in [0.25, 0.3) is 0 Å². The molecule has 2 heterocycles. The lowest BCUT2D eigenvalue weighted by molar-refractivity contribution is -0.116. The van der Waals surface area contributed by atoms with E-state index in [1.54, 1.807) is 6.07 Å². The highest BCUT2D eigenvalue weighted by atomic mass is 16.3. The molecule has 1 aromatic carbocycles. The zero-order valence-electron chi connectivity index (χ0n) is 10.4. The molecule has 0 radical (unpaired) electrons. The molecule has 0 bridgehead atoms. The van der Waals surface area contributed by atoms with Crippen molar-refractivity contribution in [3.63, 3.8) is 0 Å². The van der Waals surface area contributed by atoms with Crippen molar-refractivity contribution in [3.05, 3.63) is 42.6 Å². The number of nitrogens with one attached hydrogen (secondary N) is 1. The number of anilines is 1. The summed E-state index contributed by atoms with van der Waals surface area (Å²) in [5.41, 5.74) is 1.49. The number of hydrogen-bond acceptors (Lipinski definition) is 5. The van der Waals surface area contributed by atoms with Crippen LogP contribution in [0.3, 0.4) is 0 Å². The van der Waals surface area contributed by atoms with Crippen LogP contribution < -0.4 is 5.32 Å². The number of fused-ring (bicyclic) bond motifs is 1. The van der Waals surface area contributed by atoms with Gasteiger partial charge >= 0.3 is 0 Å². The first kappa shape index (κ1) is 12.1. The van der Waals surface area contributed by atoms with Crippen molar-refractivity contribution in [3.8, 4) is 5.75 Å². The van der Waals surface area contributed by atoms with Gasteiger partial charge in [0.05, 0.1) is 5.52 Å². The van der Waals surface area contributed by atoms with Crippen LogP contribution in [0.1, 0.15) is 0 Å². The monoisotopic (exact) mass is 269 g/mol. The molecular formula is C13H11N5O2. The first-order valence-electron chi connectivity index (χ1n) is 5.96. The molecule has 3 rings (SSSR count). The molecule has 0 aliphatic rings. The molecule has 0 aliphatic carbocycles. The third-order valence-electron chi connectivity index (χ3n) is 2.76. The molecule has 100 valence electrons. The van der Waals surface area contributed by atoms with Crippen molar-refractivity contribution in [2.75, 3.05) is 5.32 Å². The highest BCUT2D eigenvalue weighted by Crippen LogP contribution is 2.18. The number of amides is 1. The van der Waals surface area contributed by atoms with Crippen molar-refractivity contribution in [2.24, 2.45) is 0 Å². The Labute approximate surface area is 113 Å². The van der Waals surface area contributed by atoms with Gasteiger partial charge in [-0.2, -0.15) is 0 Å². The van der Waals surface area contributed by atoms with Crippen LogP contribution >= 0.6 is 0 Å². The number of rotatable bonds is 3. The maximum absolute atomic E-state index is 11.9. The van der Waals surface area contributed by atoms with Crippen molar-refractivity contribution in [1.29, 1.82) is 0 Å². The molecule has 0 saturated heterocycles. The van der Waals surface area contributed by atoms with Gasteiger partial charge in [0.1, 0.15) is 12.1 Å². The summed E-state index contributed by atoms with van der Waals surface area (Å²) in [5.74, 6) is -0.291. The Morgan fingerprint density at radius 2 is 2.10 bits per heavy atom. The van der Waals surface area contributed by atoms with Crippen LogP contribution in [0.25, 0.3) is 11.0 Å². The first-order valence-corrected chi connectivity index (χ1v) is 5.96. The van der Waals surface area contributed by atoms with Crippen LogP contribution in [0, 0.1) is 0 Å². The number of carbonyl (C=O) groups is 1. The number of benzene rings is 1. The van der Waals surface area contributed by atoms with E-state index in [1.807, 2.05) is 24.3 Å². The maximum Gasteiger partial charge on any atom is 0.247 e. The van der Waals surface area contributed by atoms with Gasteiger partial charge in [-0.25, -0.2) is 9.67 Å². The minimum Gasteiger partial charge on any atom is -0.504 e. The average Bonchev–Trinajstić information content (AvgIpc) is 2.85. The van der Waals surface area contributed by atoms with Gasteiger partial charge in [-0.15, -0.1) is 5.10 Å². The largest absolute Gasteiger partial charge is 0.504 e. The molecule has 0 atom stereocenters. The SMILES string of the molecule is O=C(Cn1nnc2ccccc21)Nc1ncccc1O. The van der Waals surface area contributed by atoms with E-state index in [2.05, 4.69) is 20.6 Å². The number of aromatic nitrogens is 4. The lowest BCUT2D eigenvalue weighted by Gasteiger charge is -2.06. The number of para-hydroxylation sites is 1. The van der Waals surface area contributed by atoms with Crippen LogP contribution in [-0.4, -0.2) is 31.0 Å². The second-order valence-corrected chi connectivity index (χ2v) is 4.16. The van der Waals surface area contributed by atoms with E-state index in [0.717, 1.165) is 11.0 Å². The van der Waals surface area contributed by atoms with Crippen molar-refractivity contribution >= 4 is 22.8 Å². The molecule has 7 heteroatoms. The van der Waals surface area contributed by atoms with Gasteiger partial charge in [0.2, 0.25) is 5.91 Å². The van der Waals surface area contributed by atoms with Crippen molar-refractivity contribution < 1.29 is 9.90 Å². The van der Waals surface area contributed by atoms with Gasteiger partial charge in [-0.05, 0) is 24.3 Å². The molecule has 20 heavy (non-hydrogen) atoms. The predicted octanol–water partition coefficient (Wildman–Crippen LogP) is 1.17. The molecule has 0 unspecified atom stereocenters. The smallest absolute Gasteiger partial charge is 0.247 e. The lowest BCUT2D eigenvalue weighted by Crippen LogP contribution is -2.20. The van der Waals surface area contributed by atoms with Crippen LogP contribution in [0.2, 0.25) is 0 Å². The Kier molecular flexibility index (Phi) is 3.00. The number of hydrogen-bond donors (Lipinski definition) is 2. The van der Waals surface area contributed by atoms with E-state index >= 15 is 0 Å². The fraction of sp³-hybridized carbons (Fsp3) is 0.0769. The maximum atomic E-state index is 11.9. The van der Waals surface area contributed by atoms with Gasteiger partial charge in [0, 0.05) is 6.20 Å². The number of carbonyl (C=O) groups excluding carboxylic acids is 1. The molecular weight excluding hydrogens is 258 g/mol. The molecule has 3 aromatic rings. The Hall–Kier alpha value is -2.96. The molecule has 0 aliphatic heterocycles. The molecule has 0 fully saturated rings. The molecule has 0 saturated carbocycles. The Balaban J connectivity index is 1.78. The van der Waals surface area contributed by atoms with Crippen LogP contribution in [-0.2, 0) is 11.3 Å². The van der Waals surface area contributed by atoms with Gasteiger partial charge in [-0.1, -0.05) is 17.3 Å². The average molecular weight is 269 g/mol. The summed E-state index contributed by atoms with van der Waals surface area (Å²) in [7, 11) is 0. The lowest BCUT2D eigenvalue weighted by atomic mass is 10.3. The first-order chi connectivity index (χ1) is 9.74. The minimum absolute atomic E-state index is 0.00344. The third kappa shape index (κ3) is 2.28. The van der Waals surface area contributed by atoms with E-state index < -0.39 is 0 Å². The topological polar surface area (TPSA) is 92.9 Å².